The third-order valence-corrected chi connectivity index (χ3v) is 3.65. The molecule has 0 aromatic heterocycles. The second-order valence-corrected chi connectivity index (χ2v) is 4.86. The summed E-state index contributed by atoms with van der Waals surface area (Å²) in [5.74, 6) is 1.14. The topological polar surface area (TPSA) is 12.5 Å². The van der Waals surface area contributed by atoms with Crippen LogP contribution in [-0.2, 0) is 4.74 Å². The van der Waals surface area contributed by atoms with E-state index in [2.05, 4.69) is 18.7 Å². The van der Waals surface area contributed by atoms with Gasteiger partial charge in [0, 0.05) is 12.3 Å². The highest BCUT2D eigenvalue weighted by molar-refractivity contribution is 8.22. The number of nitrogens with zero attached hydrogens (tertiary/aromatic N) is 1. The molecule has 0 aromatic carbocycles. The van der Waals surface area contributed by atoms with E-state index >= 15 is 0 Å². The van der Waals surface area contributed by atoms with Gasteiger partial charge < -0.3 is 9.64 Å². The highest BCUT2D eigenvalue weighted by atomic mass is 32.2. The number of ether oxygens (including phenoxy) is 1. The fourth-order valence-electron chi connectivity index (χ4n) is 1.22. The summed E-state index contributed by atoms with van der Waals surface area (Å²) < 4.78 is 6.42. The summed E-state index contributed by atoms with van der Waals surface area (Å²) in [6, 6.07) is 0. The van der Waals surface area contributed by atoms with Crippen LogP contribution in [0.25, 0.3) is 0 Å². The van der Waals surface area contributed by atoms with Crippen molar-refractivity contribution < 1.29 is 4.74 Å². The van der Waals surface area contributed by atoms with Gasteiger partial charge in [-0.2, -0.15) is 0 Å². The highest BCUT2D eigenvalue weighted by Crippen LogP contribution is 2.18. The molecule has 76 valence electrons. The van der Waals surface area contributed by atoms with E-state index in [-0.39, 0.29) is 6.23 Å². The molecule has 1 saturated heterocycles. The van der Waals surface area contributed by atoms with Crippen molar-refractivity contribution in [3.8, 4) is 0 Å². The predicted molar refractivity (Wildman–Crippen MR) is 62.1 cm³/mol. The third-order valence-electron chi connectivity index (χ3n) is 2.09. The summed E-state index contributed by atoms with van der Waals surface area (Å²) in [5, 5.41) is 0. The van der Waals surface area contributed by atoms with E-state index in [0.29, 0.717) is 0 Å². The first-order chi connectivity index (χ1) is 6.25. The van der Waals surface area contributed by atoms with Gasteiger partial charge in [-0.3, -0.25) is 0 Å². The minimum atomic E-state index is 0.182. The van der Waals surface area contributed by atoms with E-state index in [1.54, 1.807) is 11.8 Å². The maximum Gasteiger partial charge on any atom is 0.138 e. The SMILES string of the molecule is CCCCSC(=S)N1CCOC1C. The molecule has 2 nitrogen and oxygen atoms in total. The van der Waals surface area contributed by atoms with Gasteiger partial charge >= 0.3 is 0 Å². The van der Waals surface area contributed by atoms with Gasteiger partial charge in [-0.1, -0.05) is 37.3 Å². The van der Waals surface area contributed by atoms with Gasteiger partial charge in [-0.05, 0) is 13.3 Å². The summed E-state index contributed by atoms with van der Waals surface area (Å²) in [7, 11) is 0. The first kappa shape index (κ1) is 11.3. The zero-order valence-electron chi connectivity index (χ0n) is 8.28. The van der Waals surface area contributed by atoms with Crippen LogP contribution in [0.4, 0.5) is 0 Å². The van der Waals surface area contributed by atoms with Crippen LogP contribution in [0, 0.1) is 0 Å². The van der Waals surface area contributed by atoms with Crippen LogP contribution < -0.4 is 0 Å². The molecule has 1 aliphatic heterocycles. The lowest BCUT2D eigenvalue weighted by atomic mass is 10.4. The smallest absolute Gasteiger partial charge is 0.138 e. The molecule has 0 aliphatic carbocycles. The second kappa shape index (κ2) is 5.83. The van der Waals surface area contributed by atoms with E-state index in [1.807, 2.05) is 0 Å². The van der Waals surface area contributed by atoms with Crippen LogP contribution in [0.1, 0.15) is 26.7 Å². The molecule has 1 heterocycles. The van der Waals surface area contributed by atoms with Gasteiger partial charge in [0.25, 0.3) is 0 Å². The molecule has 1 rings (SSSR count). The standard InChI is InChI=1S/C9H17NOS2/c1-3-4-7-13-9(12)10-5-6-11-8(10)2/h8H,3-7H2,1-2H3. The van der Waals surface area contributed by atoms with Crippen LogP contribution >= 0.6 is 24.0 Å². The number of rotatable bonds is 3. The predicted octanol–water partition coefficient (Wildman–Crippen LogP) is 2.48. The minimum Gasteiger partial charge on any atom is -0.357 e. The Kier molecular flexibility index (Phi) is 5.06. The maximum atomic E-state index is 5.42. The molecular formula is C9H17NOS2. The zero-order valence-corrected chi connectivity index (χ0v) is 9.92. The van der Waals surface area contributed by atoms with Crippen molar-refractivity contribution in [3.63, 3.8) is 0 Å². The molecule has 4 heteroatoms. The molecule has 13 heavy (non-hydrogen) atoms. The molecule has 1 aliphatic rings. The third kappa shape index (κ3) is 3.44. The molecule has 1 atom stereocenters. The fraction of sp³-hybridized carbons (Fsp3) is 0.889. The van der Waals surface area contributed by atoms with Crippen molar-refractivity contribution in [2.24, 2.45) is 0 Å². The van der Waals surface area contributed by atoms with E-state index in [1.165, 1.54) is 12.8 Å². The van der Waals surface area contributed by atoms with Crippen LogP contribution in [0.2, 0.25) is 0 Å². The maximum absolute atomic E-state index is 5.42. The van der Waals surface area contributed by atoms with Gasteiger partial charge in [0.1, 0.15) is 10.5 Å². The molecule has 0 aromatic rings. The quantitative estimate of drug-likeness (QED) is 0.534. The summed E-state index contributed by atoms with van der Waals surface area (Å²) in [4.78, 5) is 2.16. The Morgan fingerprint density at radius 1 is 1.69 bits per heavy atom. The van der Waals surface area contributed by atoms with Gasteiger partial charge in [-0.15, -0.1) is 0 Å². The largest absolute Gasteiger partial charge is 0.357 e. The summed E-state index contributed by atoms with van der Waals surface area (Å²) in [5.41, 5.74) is 0. The van der Waals surface area contributed by atoms with Crippen molar-refractivity contribution >= 4 is 28.3 Å². The molecule has 1 fully saturated rings. The molecule has 1 unspecified atom stereocenters. The number of thioether (sulfide) groups is 1. The summed E-state index contributed by atoms with van der Waals surface area (Å²) in [6.45, 7) is 6.03. The van der Waals surface area contributed by atoms with Crippen LogP contribution in [0.5, 0.6) is 0 Å². The van der Waals surface area contributed by atoms with Crippen molar-refractivity contribution in [2.75, 3.05) is 18.9 Å². The lowest BCUT2D eigenvalue weighted by molar-refractivity contribution is 0.0819. The minimum absolute atomic E-state index is 0.182. The summed E-state index contributed by atoms with van der Waals surface area (Å²) in [6.07, 6.45) is 2.66. The normalized spacial score (nSPS) is 22.3. The Morgan fingerprint density at radius 3 is 3.00 bits per heavy atom. The number of hydrogen-bond acceptors (Lipinski definition) is 3. The fourth-order valence-corrected chi connectivity index (χ4v) is 2.72. The number of unbranched alkanes of at least 4 members (excludes halogenated alkanes) is 1. The zero-order chi connectivity index (χ0) is 9.68. The number of thiocarbonyl (C=S) groups is 1. The van der Waals surface area contributed by atoms with Crippen molar-refractivity contribution in [2.45, 2.75) is 32.9 Å². The van der Waals surface area contributed by atoms with Crippen molar-refractivity contribution in [1.82, 2.24) is 4.90 Å². The highest BCUT2D eigenvalue weighted by Gasteiger charge is 2.22. The van der Waals surface area contributed by atoms with Gasteiger partial charge in [0.15, 0.2) is 0 Å². The van der Waals surface area contributed by atoms with Gasteiger partial charge in [-0.25, -0.2) is 0 Å². The Hall–Kier alpha value is 0.200. The molecule has 0 amide bonds. The monoisotopic (exact) mass is 219 g/mol. The van der Waals surface area contributed by atoms with E-state index in [0.717, 1.165) is 23.2 Å². The first-order valence-electron chi connectivity index (χ1n) is 4.80. The number of hydrogen-bond donors (Lipinski definition) is 0. The summed E-state index contributed by atoms with van der Waals surface area (Å²) >= 11 is 7.09. The molecule has 0 saturated carbocycles. The molecule has 0 radical (unpaired) electrons. The van der Waals surface area contributed by atoms with E-state index in [9.17, 15) is 0 Å². The van der Waals surface area contributed by atoms with E-state index in [4.69, 9.17) is 17.0 Å². The Morgan fingerprint density at radius 2 is 2.46 bits per heavy atom. The Labute approximate surface area is 90.0 Å². The molecular weight excluding hydrogens is 202 g/mol. The molecule has 0 bridgehead atoms. The average molecular weight is 219 g/mol. The molecule has 0 spiro atoms. The lowest BCUT2D eigenvalue weighted by Crippen LogP contribution is -2.31. The van der Waals surface area contributed by atoms with Gasteiger partial charge in [0.05, 0.1) is 6.61 Å². The Balaban J connectivity index is 2.22. The van der Waals surface area contributed by atoms with Crippen molar-refractivity contribution in [1.29, 1.82) is 0 Å². The van der Waals surface area contributed by atoms with Crippen LogP contribution in [0.3, 0.4) is 0 Å². The average Bonchev–Trinajstić information content (AvgIpc) is 2.52. The van der Waals surface area contributed by atoms with E-state index < -0.39 is 0 Å². The van der Waals surface area contributed by atoms with Crippen LogP contribution in [-0.4, -0.2) is 34.4 Å². The first-order valence-corrected chi connectivity index (χ1v) is 6.20. The van der Waals surface area contributed by atoms with Crippen molar-refractivity contribution in [3.05, 3.63) is 0 Å². The second-order valence-electron chi connectivity index (χ2n) is 3.13. The van der Waals surface area contributed by atoms with Gasteiger partial charge in [0.2, 0.25) is 0 Å². The van der Waals surface area contributed by atoms with Crippen LogP contribution in [0.15, 0.2) is 0 Å². The lowest BCUT2D eigenvalue weighted by Gasteiger charge is -2.21. The molecule has 0 N–H and O–H groups in total. The Bertz CT molecular complexity index is 175.